The van der Waals surface area contributed by atoms with Crippen molar-refractivity contribution in [3.05, 3.63) is 58.2 Å². The number of ether oxygens (including phenoxy) is 2. The quantitative estimate of drug-likeness (QED) is 0.593. The Morgan fingerprint density at radius 2 is 2.00 bits per heavy atom. The second-order valence-electron chi connectivity index (χ2n) is 6.52. The highest BCUT2D eigenvalue weighted by Gasteiger charge is 2.35. The van der Waals surface area contributed by atoms with E-state index >= 15 is 0 Å². The average molecular weight is 414 g/mol. The number of urea groups is 1. The Balaban J connectivity index is 1.49. The highest BCUT2D eigenvalue weighted by molar-refractivity contribution is 6.32. The minimum Gasteiger partial charge on any atom is -0.454 e. The fourth-order valence-corrected chi connectivity index (χ4v) is 3.19. The summed E-state index contributed by atoms with van der Waals surface area (Å²) < 4.78 is 10.5. The van der Waals surface area contributed by atoms with Gasteiger partial charge >= 0.3 is 6.03 Å². The molecule has 0 bridgehead atoms. The molecule has 29 heavy (non-hydrogen) atoms. The largest absolute Gasteiger partial charge is 0.454 e. The minimum atomic E-state index is -0.683. The molecule has 148 valence electrons. The summed E-state index contributed by atoms with van der Waals surface area (Å²) in [5.41, 5.74) is 2.05. The van der Waals surface area contributed by atoms with Crippen LogP contribution in [0.3, 0.4) is 0 Å². The molecule has 2 aliphatic rings. The van der Waals surface area contributed by atoms with Crippen LogP contribution in [0.2, 0.25) is 5.02 Å². The van der Waals surface area contributed by atoms with Crippen molar-refractivity contribution in [3.63, 3.8) is 0 Å². The van der Waals surface area contributed by atoms with Crippen LogP contribution in [0, 0.1) is 6.92 Å². The Morgan fingerprint density at radius 1 is 1.24 bits per heavy atom. The lowest BCUT2D eigenvalue weighted by molar-refractivity contribution is -0.127. The van der Waals surface area contributed by atoms with Gasteiger partial charge in [0.05, 0.1) is 5.02 Å². The number of hydrogen-bond donors (Lipinski definition) is 2. The molecular weight excluding hydrogens is 398 g/mol. The first-order chi connectivity index (χ1) is 13.9. The van der Waals surface area contributed by atoms with Gasteiger partial charge in [0.15, 0.2) is 11.5 Å². The number of imide groups is 1. The lowest BCUT2D eigenvalue weighted by Crippen LogP contribution is -2.38. The number of carbonyl (C=O) groups is 3. The van der Waals surface area contributed by atoms with Crippen molar-refractivity contribution in [2.75, 3.05) is 18.7 Å². The van der Waals surface area contributed by atoms with Gasteiger partial charge in [0.25, 0.3) is 5.91 Å². The van der Waals surface area contributed by atoms with E-state index in [-0.39, 0.29) is 12.5 Å². The fourth-order valence-electron chi connectivity index (χ4n) is 2.98. The van der Waals surface area contributed by atoms with E-state index in [0.717, 1.165) is 10.5 Å². The zero-order chi connectivity index (χ0) is 20.5. The molecule has 1 fully saturated rings. The van der Waals surface area contributed by atoms with Crippen molar-refractivity contribution in [1.82, 2.24) is 10.2 Å². The first kappa shape index (κ1) is 18.8. The third kappa shape index (κ3) is 3.88. The van der Waals surface area contributed by atoms with E-state index in [2.05, 4.69) is 10.6 Å². The van der Waals surface area contributed by atoms with Crippen LogP contribution in [-0.2, 0) is 9.59 Å². The van der Waals surface area contributed by atoms with Crippen molar-refractivity contribution in [3.8, 4) is 11.5 Å². The molecule has 4 rings (SSSR count). The summed E-state index contributed by atoms with van der Waals surface area (Å²) >= 11 is 6.21. The molecule has 0 spiro atoms. The maximum absolute atomic E-state index is 12.6. The Bertz CT molecular complexity index is 1070. The van der Waals surface area contributed by atoms with E-state index in [0.29, 0.717) is 27.8 Å². The van der Waals surface area contributed by atoms with Crippen LogP contribution >= 0.6 is 11.6 Å². The van der Waals surface area contributed by atoms with E-state index < -0.39 is 24.4 Å². The predicted molar refractivity (Wildman–Crippen MR) is 106 cm³/mol. The number of rotatable bonds is 4. The van der Waals surface area contributed by atoms with E-state index in [1.165, 1.54) is 6.08 Å². The van der Waals surface area contributed by atoms with Gasteiger partial charge in [-0.1, -0.05) is 23.7 Å². The molecule has 4 amide bonds. The summed E-state index contributed by atoms with van der Waals surface area (Å²) in [6, 6.07) is 9.72. The number of nitrogens with one attached hydrogen (secondary N) is 2. The number of amides is 4. The van der Waals surface area contributed by atoms with Crippen LogP contribution in [0.4, 0.5) is 10.5 Å². The highest BCUT2D eigenvalue weighted by atomic mass is 35.5. The Hall–Kier alpha value is -3.52. The molecule has 2 aromatic carbocycles. The average Bonchev–Trinajstić information content (AvgIpc) is 3.21. The summed E-state index contributed by atoms with van der Waals surface area (Å²) in [7, 11) is 0. The molecule has 0 unspecified atom stereocenters. The molecule has 2 heterocycles. The number of halogens is 1. The van der Waals surface area contributed by atoms with Gasteiger partial charge in [0, 0.05) is 11.8 Å². The SMILES string of the molecule is Cc1cccc(NC(=O)CN2C(=O)N/C(=C\c3cc4c(cc3Cl)OCO4)C2=O)c1. The van der Waals surface area contributed by atoms with Gasteiger partial charge in [-0.25, -0.2) is 9.69 Å². The molecule has 0 radical (unpaired) electrons. The van der Waals surface area contributed by atoms with Crippen LogP contribution in [0.1, 0.15) is 11.1 Å². The molecule has 0 aliphatic carbocycles. The second-order valence-corrected chi connectivity index (χ2v) is 6.93. The number of carbonyl (C=O) groups excluding carboxylic acids is 3. The molecule has 9 heteroatoms. The van der Waals surface area contributed by atoms with Gasteiger partial charge in [0.2, 0.25) is 12.7 Å². The van der Waals surface area contributed by atoms with Crippen LogP contribution in [0.15, 0.2) is 42.1 Å². The molecule has 0 saturated carbocycles. The highest BCUT2D eigenvalue weighted by Crippen LogP contribution is 2.37. The van der Waals surface area contributed by atoms with Crippen LogP contribution in [0.5, 0.6) is 11.5 Å². The number of benzene rings is 2. The zero-order valence-corrected chi connectivity index (χ0v) is 16.1. The van der Waals surface area contributed by atoms with Crippen molar-refractivity contribution in [1.29, 1.82) is 0 Å². The topological polar surface area (TPSA) is 97.0 Å². The van der Waals surface area contributed by atoms with Gasteiger partial charge in [-0.3, -0.25) is 9.59 Å². The Kier molecular flexibility index (Phi) is 4.85. The lowest BCUT2D eigenvalue weighted by atomic mass is 10.1. The number of anilines is 1. The van der Waals surface area contributed by atoms with E-state index in [1.54, 1.807) is 30.3 Å². The molecular formula is C20H16ClN3O5. The number of fused-ring (bicyclic) bond motifs is 1. The zero-order valence-electron chi connectivity index (χ0n) is 15.3. The third-order valence-corrected chi connectivity index (χ3v) is 4.68. The van der Waals surface area contributed by atoms with E-state index in [1.807, 2.05) is 13.0 Å². The van der Waals surface area contributed by atoms with E-state index in [9.17, 15) is 14.4 Å². The monoisotopic (exact) mass is 413 g/mol. The fraction of sp³-hybridized carbons (Fsp3) is 0.150. The summed E-state index contributed by atoms with van der Waals surface area (Å²) in [6.07, 6.45) is 1.43. The van der Waals surface area contributed by atoms with Crippen molar-refractivity contribution < 1.29 is 23.9 Å². The maximum Gasteiger partial charge on any atom is 0.329 e. The third-order valence-electron chi connectivity index (χ3n) is 4.36. The Morgan fingerprint density at radius 3 is 2.76 bits per heavy atom. The minimum absolute atomic E-state index is 0.0131. The van der Waals surface area contributed by atoms with Crippen molar-refractivity contribution in [2.45, 2.75) is 6.92 Å². The molecule has 0 atom stereocenters. The second kappa shape index (κ2) is 7.48. The smallest absolute Gasteiger partial charge is 0.329 e. The molecule has 2 aromatic rings. The van der Waals surface area contributed by atoms with Crippen molar-refractivity contribution >= 4 is 41.2 Å². The van der Waals surface area contributed by atoms with Gasteiger partial charge in [0.1, 0.15) is 12.2 Å². The predicted octanol–water partition coefficient (Wildman–Crippen LogP) is 2.91. The summed E-state index contributed by atoms with van der Waals surface area (Å²) in [5, 5.41) is 5.46. The standard InChI is InChI=1S/C20H16ClN3O5/c1-11-3-2-4-13(5-11)22-18(25)9-24-19(26)15(23-20(24)27)6-12-7-16-17(8-14(12)21)29-10-28-16/h2-8H,9-10H2,1H3,(H,22,25)(H,23,27)/b15-6-. The van der Waals surface area contributed by atoms with Crippen LogP contribution < -0.4 is 20.1 Å². The maximum atomic E-state index is 12.6. The molecule has 2 N–H and O–H groups in total. The first-order valence-electron chi connectivity index (χ1n) is 8.71. The summed E-state index contributed by atoms with van der Waals surface area (Å²) in [4.78, 5) is 37.9. The van der Waals surface area contributed by atoms with Gasteiger partial charge < -0.3 is 20.1 Å². The Labute approximate surface area is 171 Å². The summed E-state index contributed by atoms with van der Waals surface area (Å²) in [6.45, 7) is 1.57. The van der Waals surface area contributed by atoms with Gasteiger partial charge in [-0.05, 0) is 42.3 Å². The van der Waals surface area contributed by atoms with Gasteiger partial charge in [-0.2, -0.15) is 0 Å². The lowest BCUT2D eigenvalue weighted by Gasteiger charge is -2.12. The molecule has 8 nitrogen and oxygen atoms in total. The number of nitrogens with zero attached hydrogens (tertiary/aromatic N) is 1. The molecule has 1 saturated heterocycles. The van der Waals surface area contributed by atoms with Gasteiger partial charge in [-0.15, -0.1) is 0 Å². The first-order valence-corrected chi connectivity index (χ1v) is 9.09. The van der Waals surface area contributed by atoms with Crippen molar-refractivity contribution in [2.24, 2.45) is 0 Å². The number of hydrogen-bond acceptors (Lipinski definition) is 5. The molecule has 0 aromatic heterocycles. The van der Waals surface area contributed by atoms with Crippen LogP contribution in [-0.4, -0.2) is 36.1 Å². The van der Waals surface area contributed by atoms with Crippen LogP contribution in [0.25, 0.3) is 6.08 Å². The molecule has 2 aliphatic heterocycles. The summed E-state index contributed by atoms with van der Waals surface area (Å²) in [5.74, 6) is -0.106. The normalized spacial score (nSPS) is 16.3. The van der Waals surface area contributed by atoms with E-state index in [4.69, 9.17) is 21.1 Å². The number of aryl methyl sites for hydroxylation is 1.